The summed E-state index contributed by atoms with van der Waals surface area (Å²) >= 11 is 0. The van der Waals surface area contributed by atoms with Crippen molar-refractivity contribution >= 4 is 5.82 Å². The molecule has 0 amide bonds. The summed E-state index contributed by atoms with van der Waals surface area (Å²) in [7, 11) is 0. The summed E-state index contributed by atoms with van der Waals surface area (Å²) in [5.74, 6) is 1.96. The Bertz CT molecular complexity index is 510. The topological polar surface area (TPSA) is 63.6 Å². The van der Waals surface area contributed by atoms with Gasteiger partial charge in [-0.05, 0) is 26.8 Å². The molecule has 0 aliphatic heterocycles. The minimum absolute atomic E-state index is 0.551. The molecule has 0 fully saturated rings. The maximum Gasteiger partial charge on any atom is 0.199 e. The standard InChI is InChI=1S/C12H15N5/c1-4-13-10-8(2)9(3)16-12(17-10)11-14-6-5-7-15-11/h5-7H,4H2,1-3H3,(H,13,16,17). The van der Waals surface area contributed by atoms with Crippen LogP contribution in [-0.2, 0) is 0 Å². The molecule has 0 saturated heterocycles. The van der Waals surface area contributed by atoms with Gasteiger partial charge < -0.3 is 5.32 Å². The number of hydrogen-bond donors (Lipinski definition) is 1. The molecular formula is C12H15N5. The molecule has 5 heteroatoms. The fourth-order valence-corrected chi connectivity index (χ4v) is 1.48. The Morgan fingerprint density at radius 3 is 2.41 bits per heavy atom. The van der Waals surface area contributed by atoms with E-state index in [1.807, 2.05) is 20.8 Å². The van der Waals surface area contributed by atoms with Gasteiger partial charge in [-0.1, -0.05) is 0 Å². The second-order valence-corrected chi connectivity index (χ2v) is 3.71. The van der Waals surface area contributed by atoms with Crippen LogP contribution in [0.3, 0.4) is 0 Å². The van der Waals surface area contributed by atoms with Crippen molar-refractivity contribution in [2.45, 2.75) is 20.8 Å². The lowest BCUT2D eigenvalue weighted by molar-refractivity contribution is 1.01. The van der Waals surface area contributed by atoms with Crippen LogP contribution in [-0.4, -0.2) is 26.5 Å². The van der Waals surface area contributed by atoms with E-state index in [1.165, 1.54) is 0 Å². The van der Waals surface area contributed by atoms with E-state index in [0.717, 1.165) is 23.6 Å². The van der Waals surface area contributed by atoms with Crippen LogP contribution < -0.4 is 5.32 Å². The molecule has 0 aliphatic rings. The second-order valence-electron chi connectivity index (χ2n) is 3.71. The van der Waals surface area contributed by atoms with E-state index in [2.05, 4.69) is 25.3 Å². The van der Waals surface area contributed by atoms with Gasteiger partial charge >= 0.3 is 0 Å². The van der Waals surface area contributed by atoms with Gasteiger partial charge in [-0.3, -0.25) is 0 Å². The lowest BCUT2D eigenvalue weighted by Gasteiger charge is -2.10. The van der Waals surface area contributed by atoms with E-state index in [0.29, 0.717) is 11.6 Å². The number of aryl methyl sites for hydroxylation is 1. The van der Waals surface area contributed by atoms with Crippen LogP contribution in [0.25, 0.3) is 11.6 Å². The van der Waals surface area contributed by atoms with E-state index in [1.54, 1.807) is 18.5 Å². The molecular weight excluding hydrogens is 214 g/mol. The van der Waals surface area contributed by atoms with Crippen LogP contribution in [0.5, 0.6) is 0 Å². The Kier molecular flexibility index (Phi) is 3.27. The van der Waals surface area contributed by atoms with Gasteiger partial charge in [0.2, 0.25) is 0 Å². The summed E-state index contributed by atoms with van der Waals surface area (Å²) in [6.07, 6.45) is 3.38. The first-order valence-corrected chi connectivity index (χ1v) is 5.59. The number of aromatic nitrogens is 4. The van der Waals surface area contributed by atoms with Gasteiger partial charge in [0.05, 0.1) is 0 Å². The maximum atomic E-state index is 4.45. The van der Waals surface area contributed by atoms with Crippen LogP contribution in [0, 0.1) is 13.8 Å². The highest BCUT2D eigenvalue weighted by atomic mass is 15.1. The molecule has 0 bridgehead atoms. The molecule has 2 aromatic rings. The largest absolute Gasteiger partial charge is 0.370 e. The molecule has 17 heavy (non-hydrogen) atoms. The Labute approximate surface area is 100 Å². The molecule has 1 N–H and O–H groups in total. The number of hydrogen-bond acceptors (Lipinski definition) is 5. The van der Waals surface area contributed by atoms with Gasteiger partial charge in [-0.15, -0.1) is 0 Å². The summed E-state index contributed by atoms with van der Waals surface area (Å²) in [6.45, 7) is 6.83. The molecule has 0 atom stereocenters. The highest BCUT2D eigenvalue weighted by molar-refractivity contribution is 5.53. The van der Waals surface area contributed by atoms with Crippen molar-refractivity contribution in [1.82, 2.24) is 19.9 Å². The van der Waals surface area contributed by atoms with Crippen molar-refractivity contribution in [3.8, 4) is 11.6 Å². The van der Waals surface area contributed by atoms with Crippen molar-refractivity contribution in [1.29, 1.82) is 0 Å². The third-order valence-corrected chi connectivity index (χ3v) is 2.50. The van der Waals surface area contributed by atoms with Gasteiger partial charge in [-0.25, -0.2) is 19.9 Å². The van der Waals surface area contributed by atoms with Crippen molar-refractivity contribution < 1.29 is 0 Å². The van der Waals surface area contributed by atoms with Crippen LogP contribution in [0.1, 0.15) is 18.2 Å². The van der Waals surface area contributed by atoms with Crippen LogP contribution >= 0.6 is 0 Å². The highest BCUT2D eigenvalue weighted by Gasteiger charge is 2.10. The predicted octanol–water partition coefficient (Wildman–Crippen LogP) is 1.98. The van der Waals surface area contributed by atoms with Gasteiger partial charge in [0, 0.05) is 30.2 Å². The third kappa shape index (κ3) is 2.38. The van der Waals surface area contributed by atoms with E-state index >= 15 is 0 Å². The Hall–Kier alpha value is -2.04. The molecule has 2 rings (SSSR count). The fraction of sp³-hybridized carbons (Fsp3) is 0.333. The first-order valence-electron chi connectivity index (χ1n) is 5.59. The minimum Gasteiger partial charge on any atom is -0.370 e. The first-order chi connectivity index (χ1) is 8.22. The first kappa shape index (κ1) is 11.4. The number of anilines is 1. The second kappa shape index (κ2) is 4.86. The van der Waals surface area contributed by atoms with E-state index in [4.69, 9.17) is 0 Å². The Balaban J connectivity index is 2.49. The lowest BCUT2D eigenvalue weighted by atomic mass is 10.2. The highest BCUT2D eigenvalue weighted by Crippen LogP contribution is 2.18. The average molecular weight is 229 g/mol. The summed E-state index contributed by atoms with van der Waals surface area (Å²) in [4.78, 5) is 17.2. The van der Waals surface area contributed by atoms with E-state index in [9.17, 15) is 0 Å². The minimum atomic E-state index is 0.551. The molecule has 88 valence electrons. The number of rotatable bonds is 3. The maximum absolute atomic E-state index is 4.45. The number of nitrogens with zero attached hydrogens (tertiary/aromatic N) is 4. The van der Waals surface area contributed by atoms with Gasteiger partial charge in [-0.2, -0.15) is 0 Å². The van der Waals surface area contributed by atoms with Crippen molar-refractivity contribution in [2.75, 3.05) is 11.9 Å². The predicted molar refractivity (Wildman–Crippen MR) is 66.7 cm³/mol. The van der Waals surface area contributed by atoms with Gasteiger partial charge in [0.1, 0.15) is 5.82 Å². The molecule has 0 aliphatic carbocycles. The monoisotopic (exact) mass is 229 g/mol. The normalized spacial score (nSPS) is 10.3. The van der Waals surface area contributed by atoms with Crippen LogP contribution in [0.4, 0.5) is 5.82 Å². The molecule has 0 radical (unpaired) electrons. The zero-order chi connectivity index (χ0) is 12.3. The van der Waals surface area contributed by atoms with Crippen molar-refractivity contribution in [3.63, 3.8) is 0 Å². The SMILES string of the molecule is CCNc1nc(-c2ncccn2)nc(C)c1C. The zero-order valence-electron chi connectivity index (χ0n) is 10.2. The lowest BCUT2D eigenvalue weighted by Crippen LogP contribution is -2.07. The average Bonchev–Trinajstić information content (AvgIpc) is 2.36. The zero-order valence-corrected chi connectivity index (χ0v) is 10.2. The molecule has 5 nitrogen and oxygen atoms in total. The Morgan fingerprint density at radius 1 is 1.06 bits per heavy atom. The van der Waals surface area contributed by atoms with Crippen LogP contribution in [0.2, 0.25) is 0 Å². The number of nitrogens with one attached hydrogen (secondary N) is 1. The van der Waals surface area contributed by atoms with Gasteiger partial charge in [0.15, 0.2) is 11.6 Å². The Morgan fingerprint density at radius 2 is 1.76 bits per heavy atom. The van der Waals surface area contributed by atoms with Crippen molar-refractivity contribution in [2.24, 2.45) is 0 Å². The quantitative estimate of drug-likeness (QED) is 0.871. The molecule has 0 spiro atoms. The summed E-state index contributed by atoms with van der Waals surface area (Å²) < 4.78 is 0. The smallest absolute Gasteiger partial charge is 0.199 e. The summed E-state index contributed by atoms with van der Waals surface area (Å²) in [5, 5.41) is 3.22. The van der Waals surface area contributed by atoms with E-state index in [-0.39, 0.29) is 0 Å². The summed E-state index contributed by atoms with van der Waals surface area (Å²) in [5.41, 5.74) is 2.00. The molecule has 0 aromatic carbocycles. The van der Waals surface area contributed by atoms with Crippen molar-refractivity contribution in [3.05, 3.63) is 29.7 Å². The molecule has 0 saturated carbocycles. The van der Waals surface area contributed by atoms with Crippen LogP contribution in [0.15, 0.2) is 18.5 Å². The fourth-order valence-electron chi connectivity index (χ4n) is 1.48. The third-order valence-electron chi connectivity index (χ3n) is 2.50. The molecule has 0 unspecified atom stereocenters. The molecule has 2 aromatic heterocycles. The van der Waals surface area contributed by atoms with E-state index < -0.39 is 0 Å². The summed E-state index contributed by atoms with van der Waals surface area (Å²) in [6, 6.07) is 1.77. The van der Waals surface area contributed by atoms with Gasteiger partial charge in [0.25, 0.3) is 0 Å². The molecule has 2 heterocycles.